The van der Waals surface area contributed by atoms with Crippen molar-refractivity contribution >= 4 is 20.6 Å². The summed E-state index contributed by atoms with van der Waals surface area (Å²) in [7, 11) is -0.383. The SMILES string of the molecule is Cc1cccc2c3c(n(C)c12)=NS(C)(=O)=c1ccccc1=3. The second kappa shape index (κ2) is 3.98. The van der Waals surface area contributed by atoms with Crippen LogP contribution in [-0.2, 0) is 16.8 Å². The van der Waals surface area contributed by atoms with Crippen molar-refractivity contribution in [3.63, 3.8) is 0 Å². The summed E-state index contributed by atoms with van der Waals surface area (Å²) in [6.07, 6.45) is 1.72. The highest BCUT2D eigenvalue weighted by atomic mass is 32.2. The van der Waals surface area contributed by atoms with Crippen molar-refractivity contribution in [2.75, 3.05) is 6.26 Å². The van der Waals surface area contributed by atoms with Gasteiger partial charge in [-0.1, -0.05) is 36.4 Å². The molecule has 0 fully saturated rings. The lowest BCUT2D eigenvalue weighted by atomic mass is 10.1. The van der Waals surface area contributed by atoms with Gasteiger partial charge in [-0.15, -0.1) is 0 Å². The Morgan fingerprint density at radius 1 is 1.10 bits per heavy atom. The molecule has 1 unspecified atom stereocenters. The number of hydrogen-bond acceptors (Lipinski definition) is 1. The van der Waals surface area contributed by atoms with Gasteiger partial charge in [0.05, 0.1) is 19.7 Å². The van der Waals surface area contributed by atoms with Crippen LogP contribution in [0.2, 0.25) is 0 Å². The molecule has 0 saturated heterocycles. The largest absolute Gasteiger partial charge is 0.328 e. The molecule has 0 spiro atoms. The van der Waals surface area contributed by atoms with Gasteiger partial charge in [-0.3, -0.25) is 0 Å². The third-order valence-corrected chi connectivity index (χ3v) is 5.90. The molecule has 2 aromatic carbocycles. The summed E-state index contributed by atoms with van der Waals surface area (Å²) >= 11 is 0. The second-order valence-corrected chi connectivity index (χ2v) is 7.85. The molecular formula is C17H16N2OS. The van der Waals surface area contributed by atoms with Crippen molar-refractivity contribution in [3.8, 4) is 0 Å². The number of benzene rings is 2. The van der Waals surface area contributed by atoms with Gasteiger partial charge < -0.3 is 4.57 Å². The fraction of sp³-hybridized carbons (Fsp3) is 0.176. The lowest BCUT2D eigenvalue weighted by molar-refractivity contribution is 0.681. The van der Waals surface area contributed by atoms with Crippen LogP contribution in [0, 0.1) is 21.9 Å². The van der Waals surface area contributed by atoms with E-state index in [4.69, 9.17) is 0 Å². The molecule has 0 aliphatic carbocycles. The number of rotatable bonds is 0. The van der Waals surface area contributed by atoms with Crippen LogP contribution in [-0.4, -0.2) is 15.0 Å². The van der Waals surface area contributed by atoms with Gasteiger partial charge in [0.15, 0.2) is 5.49 Å². The molecular weight excluding hydrogens is 280 g/mol. The Morgan fingerprint density at radius 3 is 2.67 bits per heavy atom. The molecule has 3 aromatic rings. The highest BCUT2D eigenvalue weighted by molar-refractivity contribution is 7.93. The summed E-state index contributed by atoms with van der Waals surface area (Å²) in [4.78, 5) is 0. The zero-order valence-electron chi connectivity index (χ0n) is 12.3. The smallest absolute Gasteiger partial charge is 0.151 e. The zero-order valence-corrected chi connectivity index (χ0v) is 13.1. The molecule has 21 heavy (non-hydrogen) atoms. The van der Waals surface area contributed by atoms with E-state index in [9.17, 15) is 4.21 Å². The van der Waals surface area contributed by atoms with Crippen LogP contribution in [0.15, 0.2) is 46.9 Å². The number of nitrogens with zero attached hydrogens (tertiary/aromatic N) is 2. The van der Waals surface area contributed by atoms with E-state index in [2.05, 4.69) is 34.1 Å². The molecule has 3 nitrogen and oxygen atoms in total. The Morgan fingerprint density at radius 2 is 1.86 bits per heavy atom. The molecule has 1 aliphatic rings. The van der Waals surface area contributed by atoms with Crippen molar-refractivity contribution in [2.24, 2.45) is 11.4 Å². The predicted octanol–water partition coefficient (Wildman–Crippen LogP) is 2.49. The van der Waals surface area contributed by atoms with E-state index in [1.807, 2.05) is 31.3 Å². The van der Waals surface area contributed by atoms with Gasteiger partial charge in [0.2, 0.25) is 0 Å². The summed E-state index contributed by atoms with van der Waals surface area (Å²) in [5, 5.41) is 3.33. The van der Waals surface area contributed by atoms with Gasteiger partial charge in [-0.2, -0.15) is 4.40 Å². The minimum Gasteiger partial charge on any atom is -0.328 e. The number of para-hydroxylation sites is 1. The second-order valence-electron chi connectivity index (χ2n) is 5.62. The van der Waals surface area contributed by atoms with Crippen LogP contribution in [0.3, 0.4) is 0 Å². The Hall–Kier alpha value is -2.07. The third-order valence-electron chi connectivity index (χ3n) is 4.21. The molecule has 0 radical (unpaired) electrons. The quantitative estimate of drug-likeness (QED) is 0.587. The van der Waals surface area contributed by atoms with Crippen LogP contribution in [0.25, 0.3) is 10.9 Å². The van der Waals surface area contributed by atoms with Crippen molar-refractivity contribution in [1.29, 1.82) is 0 Å². The summed E-state index contributed by atoms with van der Waals surface area (Å²) in [6, 6.07) is 14.2. The topological polar surface area (TPSA) is 34.4 Å². The van der Waals surface area contributed by atoms with E-state index in [1.165, 1.54) is 10.9 Å². The summed E-state index contributed by atoms with van der Waals surface area (Å²) in [6.45, 7) is 2.10. The molecule has 2 heterocycles. The van der Waals surface area contributed by atoms with Crippen LogP contribution < -0.4 is 5.49 Å². The first-order chi connectivity index (χ1) is 10.0. The molecule has 0 bridgehead atoms. The van der Waals surface area contributed by atoms with Gasteiger partial charge in [0.1, 0.15) is 0 Å². The molecule has 1 atom stereocenters. The normalized spacial score (nSPS) is 20.0. The maximum atomic E-state index is 12.9. The fourth-order valence-corrected chi connectivity index (χ4v) is 4.84. The Labute approximate surface area is 123 Å². The van der Waals surface area contributed by atoms with Crippen molar-refractivity contribution in [3.05, 3.63) is 68.5 Å². The zero-order chi connectivity index (χ0) is 14.8. The minimum atomic E-state index is -2.38. The predicted molar refractivity (Wildman–Crippen MR) is 85.8 cm³/mol. The van der Waals surface area contributed by atoms with Crippen LogP contribution in [0.4, 0.5) is 0 Å². The first-order valence-electron chi connectivity index (χ1n) is 6.90. The third kappa shape index (κ3) is 1.56. The highest BCUT2D eigenvalue weighted by Gasteiger charge is 2.14. The standard InChI is InChI=1S/C17H16N2OS/c1-11-7-6-9-13-15-12-8-4-5-10-14(12)21(3,20)18-17(15)19(2)16(11)13/h4-10H,1-3H3. The number of aromatic nitrogens is 1. The summed E-state index contributed by atoms with van der Waals surface area (Å²) < 4.78 is 20.4. The van der Waals surface area contributed by atoms with Crippen molar-refractivity contribution in [2.45, 2.75) is 6.92 Å². The van der Waals surface area contributed by atoms with E-state index in [0.717, 1.165) is 26.0 Å². The lowest BCUT2D eigenvalue weighted by Gasteiger charge is -2.04. The molecule has 0 saturated carbocycles. The van der Waals surface area contributed by atoms with Crippen LogP contribution in [0.1, 0.15) is 5.56 Å². The minimum absolute atomic E-state index is 0.825. The van der Waals surface area contributed by atoms with Gasteiger partial charge in [-0.25, -0.2) is 4.21 Å². The van der Waals surface area contributed by atoms with Gasteiger partial charge >= 0.3 is 0 Å². The van der Waals surface area contributed by atoms with E-state index in [1.54, 1.807) is 6.26 Å². The van der Waals surface area contributed by atoms with E-state index in [-0.39, 0.29) is 0 Å². The van der Waals surface area contributed by atoms with Gasteiger partial charge in [0.25, 0.3) is 0 Å². The summed E-state index contributed by atoms with van der Waals surface area (Å²) in [5.41, 5.74) is 3.20. The van der Waals surface area contributed by atoms with Gasteiger partial charge in [-0.05, 0) is 18.6 Å². The molecule has 4 heteroatoms. The molecule has 0 amide bonds. The molecule has 1 aromatic heterocycles. The number of aryl methyl sites for hydroxylation is 2. The molecule has 1 aliphatic heterocycles. The number of hydrogen-bond donors (Lipinski definition) is 0. The molecule has 106 valence electrons. The average Bonchev–Trinajstić information content (AvgIpc) is 2.73. The highest BCUT2D eigenvalue weighted by Crippen LogP contribution is 2.20. The average molecular weight is 296 g/mol. The first kappa shape index (κ1) is 12.7. The molecule has 4 rings (SSSR count). The molecule has 0 N–H and O–H groups in total. The first-order valence-corrected chi connectivity index (χ1v) is 8.82. The Kier molecular flexibility index (Phi) is 2.40. The van der Waals surface area contributed by atoms with Crippen molar-refractivity contribution in [1.82, 2.24) is 4.57 Å². The van der Waals surface area contributed by atoms with E-state index >= 15 is 0 Å². The lowest BCUT2D eigenvalue weighted by Crippen LogP contribution is -2.19. The summed E-state index contributed by atoms with van der Waals surface area (Å²) in [5.74, 6) is 0. The maximum absolute atomic E-state index is 12.9. The van der Waals surface area contributed by atoms with E-state index < -0.39 is 9.71 Å². The Bertz CT molecular complexity index is 1210. The fourth-order valence-electron chi connectivity index (χ4n) is 3.29. The van der Waals surface area contributed by atoms with Crippen LogP contribution in [0.5, 0.6) is 0 Å². The Balaban J connectivity index is 2.58. The van der Waals surface area contributed by atoms with Crippen LogP contribution >= 0.6 is 0 Å². The maximum Gasteiger partial charge on any atom is 0.151 e. The number of fused-ring (bicyclic) bond motifs is 4. The van der Waals surface area contributed by atoms with Crippen molar-refractivity contribution < 1.29 is 4.21 Å². The van der Waals surface area contributed by atoms with Gasteiger partial charge in [0, 0.05) is 29.1 Å². The van der Waals surface area contributed by atoms with E-state index in [0.29, 0.717) is 0 Å². The monoisotopic (exact) mass is 296 g/mol.